The predicted molar refractivity (Wildman–Crippen MR) is 101 cm³/mol. The Morgan fingerprint density at radius 1 is 1.16 bits per heavy atom. The average Bonchev–Trinajstić information content (AvgIpc) is 2.67. The van der Waals surface area contributed by atoms with E-state index in [0.717, 1.165) is 22.5 Å². The van der Waals surface area contributed by atoms with Gasteiger partial charge in [-0.05, 0) is 36.8 Å². The molecule has 5 heteroatoms. The highest BCUT2D eigenvalue weighted by Crippen LogP contribution is 2.26. The fourth-order valence-electron chi connectivity index (χ4n) is 2.37. The van der Waals surface area contributed by atoms with Crippen LogP contribution >= 0.6 is 0 Å². The Balaban J connectivity index is 0.00000151. The highest BCUT2D eigenvalue weighted by atomic mass is 16.5. The first kappa shape index (κ1) is 20.4. The lowest BCUT2D eigenvalue weighted by Crippen LogP contribution is -2.25. The number of carbonyl (C=O) groups excluding carboxylic acids is 2. The van der Waals surface area contributed by atoms with Crippen molar-refractivity contribution in [3.8, 4) is 11.3 Å². The summed E-state index contributed by atoms with van der Waals surface area (Å²) in [7, 11) is 3.11. The second-order valence-corrected chi connectivity index (χ2v) is 5.23. The zero-order valence-corrected chi connectivity index (χ0v) is 15.8. The van der Waals surface area contributed by atoms with Gasteiger partial charge in [-0.15, -0.1) is 0 Å². The second kappa shape index (κ2) is 9.57. The molecule has 0 aliphatic heterocycles. The molecule has 0 unspecified atom stereocenters. The van der Waals surface area contributed by atoms with E-state index in [2.05, 4.69) is 9.72 Å². The Kier molecular flexibility index (Phi) is 7.79. The Labute approximate surface area is 149 Å². The number of nitrogens with zero attached hydrogens (tertiary/aromatic N) is 2. The molecule has 0 atom stereocenters. The van der Waals surface area contributed by atoms with E-state index in [1.54, 1.807) is 24.1 Å². The molecule has 1 amide bonds. The Morgan fingerprint density at radius 3 is 2.32 bits per heavy atom. The van der Waals surface area contributed by atoms with Gasteiger partial charge in [0.05, 0.1) is 18.4 Å². The van der Waals surface area contributed by atoms with Crippen molar-refractivity contribution in [2.24, 2.45) is 0 Å². The second-order valence-electron chi connectivity index (χ2n) is 5.23. The fraction of sp³-hybridized carbons (Fsp3) is 0.350. The van der Waals surface area contributed by atoms with Crippen LogP contribution in [-0.2, 0) is 9.53 Å². The van der Waals surface area contributed by atoms with Gasteiger partial charge >= 0.3 is 5.97 Å². The van der Waals surface area contributed by atoms with Crippen molar-refractivity contribution in [1.29, 1.82) is 0 Å². The van der Waals surface area contributed by atoms with E-state index < -0.39 is 5.97 Å². The van der Waals surface area contributed by atoms with Crippen LogP contribution in [0.4, 0.5) is 5.69 Å². The number of amides is 1. The van der Waals surface area contributed by atoms with E-state index in [1.165, 1.54) is 13.3 Å². The molecule has 1 aromatic carbocycles. The van der Waals surface area contributed by atoms with Crippen molar-refractivity contribution in [3.05, 3.63) is 47.7 Å². The maximum Gasteiger partial charge on any atom is 0.339 e. The van der Waals surface area contributed by atoms with E-state index in [-0.39, 0.29) is 5.91 Å². The third kappa shape index (κ3) is 4.89. The lowest BCUT2D eigenvalue weighted by molar-refractivity contribution is -0.118. The summed E-state index contributed by atoms with van der Waals surface area (Å²) in [6.07, 6.45) is 1.96. The molecule has 1 aromatic heterocycles. The Hall–Kier alpha value is -2.69. The number of anilines is 1. The molecular formula is C20H26N2O3. The van der Waals surface area contributed by atoms with Crippen molar-refractivity contribution >= 4 is 17.6 Å². The van der Waals surface area contributed by atoms with Crippen molar-refractivity contribution in [2.75, 3.05) is 19.1 Å². The zero-order chi connectivity index (χ0) is 19.0. The minimum absolute atomic E-state index is 0.0707. The van der Waals surface area contributed by atoms with Gasteiger partial charge in [-0.3, -0.25) is 9.78 Å². The van der Waals surface area contributed by atoms with E-state index in [1.807, 2.05) is 45.9 Å². The lowest BCUT2D eigenvalue weighted by Gasteiger charge is -2.19. The molecule has 0 aliphatic carbocycles. The highest BCUT2D eigenvalue weighted by Gasteiger charge is 2.12. The van der Waals surface area contributed by atoms with Gasteiger partial charge in [-0.2, -0.15) is 0 Å². The number of ether oxygens (including phenoxy) is 1. The van der Waals surface area contributed by atoms with Gasteiger partial charge in [0.1, 0.15) is 0 Å². The third-order valence-corrected chi connectivity index (χ3v) is 3.72. The van der Waals surface area contributed by atoms with Gasteiger partial charge in [0.25, 0.3) is 0 Å². The van der Waals surface area contributed by atoms with Crippen LogP contribution in [-0.4, -0.2) is 31.0 Å². The summed E-state index contributed by atoms with van der Waals surface area (Å²) < 4.78 is 4.66. The molecule has 134 valence electrons. The number of aromatic nitrogens is 1. The van der Waals surface area contributed by atoms with Crippen molar-refractivity contribution in [3.63, 3.8) is 0 Å². The van der Waals surface area contributed by atoms with E-state index in [0.29, 0.717) is 12.0 Å². The average molecular weight is 342 g/mol. The zero-order valence-electron chi connectivity index (χ0n) is 15.8. The fourth-order valence-corrected chi connectivity index (χ4v) is 2.37. The number of esters is 1. The van der Waals surface area contributed by atoms with Crippen LogP contribution in [0.25, 0.3) is 11.3 Å². The monoisotopic (exact) mass is 342 g/mol. The standard InChI is InChI=1S/C18H20N2O3.C2H6/c1-5-17(21)20(3)16-9-7-13(10-12(16)2)15-8-6-14(11-19-15)18(22)23-4;1-2/h6-11H,5H2,1-4H3;1-2H3. The quantitative estimate of drug-likeness (QED) is 0.780. The number of rotatable bonds is 4. The molecule has 2 rings (SSSR count). The maximum absolute atomic E-state index is 11.8. The number of carbonyl (C=O) groups is 2. The van der Waals surface area contributed by atoms with Gasteiger partial charge in [0.2, 0.25) is 5.91 Å². The molecule has 5 nitrogen and oxygen atoms in total. The molecule has 0 saturated heterocycles. The first-order valence-corrected chi connectivity index (χ1v) is 8.39. The smallest absolute Gasteiger partial charge is 0.339 e. The predicted octanol–water partition coefficient (Wildman–Crippen LogP) is 4.24. The molecule has 0 fully saturated rings. The summed E-state index contributed by atoms with van der Waals surface area (Å²) in [5, 5.41) is 0. The number of hydrogen-bond donors (Lipinski definition) is 0. The maximum atomic E-state index is 11.8. The minimum Gasteiger partial charge on any atom is -0.465 e. The molecule has 0 aliphatic rings. The topological polar surface area (TPSA) is 59.5 Å². The summed E-state index contributed by atoms with van der Waals surface area (Å²) in [6, 6.07) is 9.27. The van der Waals surface area contributed by atoms with Gasteiger partial charge in [-0.1, -0.05) is 26.8 Å². The van der Waals surface area contributed by atoms with E-state index in [4.69, 9.17) is 0 Å². The molecule has 0 spiro atoms. The number of pyridine rings is 1. The van der Waals surface area contributed by atoms with Crippen LogP contribution in [0.1, 0.15) is 43.1 Å². The summed E-state index contributed by atoms with van der Waals surface area (Å²) in [5.74, 6) is -0.336. The van der Waals surface area contributed by atoms with Gasteiger partial charge in [-0.25, -0.2) is 4.79 Å². The molecule has 2 aromatic rings. The van der Waals surface area contributed by atoms with Gasteiger partial charge in [0.15, 0.2) is 0 Å². The van der Waals surface area contributed by atoms with Crippen LogP contribution in [0.5, 0.6) is 0 Å². The molecule has 0 radical (unpaired) electrons. The lowest BCUT2D eigenvalue weighted by atomic mass is 10.1. The molecule has 0 bridgehead atoms. The van der Waals surface area contributed by atoms with Crippen LogP contribution in [0.2, 0.25) is 0 Å². The van der Waals surface area contributed by atoms with Crippen molar-refractivity contribution in [1.82, 2.24) is 4.98 Å². The molecule has 0 N–H and O–H groups in total. The van der Waals surface area contributed by atoms with E-state index >= 15 is 0 Å². The van der Waals surface area contributed by atoms with E-state index in [9.17, 15) is 9.59 Å². The number of benzene rings is 1. The Bertz CT molecular complexity index is 724. The van der Waals surface area contributed by atoms with Crippen molar-refractivity contribution in [2.45, 2.75) is 34.1 Å². The number of hydrogen-bond acceptors (Lipinski definition) is 4. The molecule has 0 saturated carbocycles. The molecule has 1 heterocycles. The summed E-state index contributed by atoms with van der Waals surface area (Å²) >= 11 is 0. The first-order valence-electron chi connectivity index (χ1n) is 8.39. The van der Waals surface area contributed by atoms with Crippen LogP contribution in [0, 0.1) is 6.92 Å². The summed E-state index contributed by atoms with van der Waals surface area (Å²) in [5.41, 5.74) is 3.98. The van der Waals surface area contributed by atoms with Gasteiger partial charge in [0, 0.05) is 30.9 Å². The normalized spacial score (nSPS) is 9.68. The van der Waals surface area contributed by atoms with Crippen LogP contribution in [0.3, 0.4) is 0 Å². The number of aryl methyl sites for hydroxylation is 1. The molecule has 25 heavy (non-hydrogen) atoms. The van der Waals surface area contributed by atoms with Crippen LogP contribution in [0.15, 0.2) is 36.5 Å². The van der Waals surface area contributed by atoms with Gasteiger partial charge < -0.3 is 9.64 Å². The minimum atomic E-state index is -0.407. The van der Waals surface area contributed by atoms with Crippen LogP contribution < -0.4 is 4.90 Å². The molecular weight excluding hydrogens is 316 g/mol. The largest absolute Gasteiger partial charge is 0.465 e. The highest BCUT2D eigenvalue weighted by molar-refractivity contribution is 5.93. The summed E-state index contributed by atoms with van der Waals surface area (Å²) in [6.45, 7) is 7.80. The Morgan fingerprint density at radius 2 is 1.84 bits per heavy atom. The number of methoxy groups -OCH3 is 1. The van der Waals surface area contributed by atoms with Crippen molar-refractivity contribution < 1.29 is 14.3 Å². The SMILES string of the molecule is CC.CCC(=O)N(C)c1ccc(-c2ccc(C(=O)OC)cn2)cc1C. The summed E-state index contributed by atoms with van der Waals surface area (Å²) in [4.78, 5) is 29.2. The first-order chi connectivity index (χ1) is 12.0. The third-order valence-electron chi connectivity index (χ3n) is 3.72.